The van der Waals surface area contributed by atoms with Gasteiger partial charge >= 0.3 is 0 Å². The summed E-state index contributed by atoms with van der Waals surface area (Å²) >= 11 is 0. The molecule has 2 fully saturated rings. The molecular weight excluding hydrogens is 378 g/mol. The van der Waals surface area contributed by atoms with Crippen molar-refractivity contribution in [3.63, 3.8) is 0 Å². The van der Waals surface area contributed by atoms with Gasteiger partial charge in [-0.3, -0.25) is 4.79 Å². The van der Waals surface area contributed by atoms with Gasteiger partial charge in [-0.25, -0.2) is 8.42 Å². The standard InChI is InChI=1S/C19H23N5O3S/c1-19(14-21,16-6-7-16)22-18(25)13-23-8-10-24(11-9-23)28(26,27)17-5-3-2-4-15(17)12-20/h2-5,16H,6-11,13H2,1H3,(H,22,25)/p+1/t19-/m1/s1. The fraction of sp³-hybridized carbons (Fsp3) is 0.526. The Labute approximate surface area is 165 Å². The maximum Gasteiger partial charge on any atom is 0.276 e. The van der Waals surface area contributed by atoms with E-state index in [0.29, 0.717) is 13.1 Å². The van der Waals surface area contributed by atoms with Gasteiger partial charge in [0.15, 0.2) is 6.54 Å². The van der Waals surface area contributed by atoms with Gasteiger partial charge in [0.25, 0.3) is 5.91 Å². The zero-order chi connectivity index (χ0) is 20.4. The van der Waals surface area contributed by atoms with E-state index in [1.807, 2.05) is 6.07 Å². The number of carbonyl (C=O) groups excluding carboxylic acids is 1. The summed E-state index contributed by atoms with van der Waals surface area (Å²) in [5.41, 5.74) is -0.685. The first-order valence-corrected chi connectivity index (χ1v) is 10.8. The minimum Gasteiger partial charge on any atom is -0.333 e. The van der Waals surface area contributed by atoms with Gasteiger partial charge in [-0.15, -0.1) is 0 Å². The molecule has 1 saturated carbocycles. The summed E-state index contributed by atoms with van der Waals surface area (Å²) in [5.74, 6) is 0.0377. The number of carbonyl (C=O) groups is 1. The smallest absolute Gasteiger partial charge is 0.276 e. The van der Waals surface area contributed by atoms with E-state index in [0.717, 1.165) is 17.7 Å². The van der Waals surface area contributed by atoms with Crippen LogP contribution in [0, 0.1) is 28.6 Å². The Hall–Kier alpha value is -2.46. The number of hydrogen-bond donors (Lipinski definition) is 2. The number of sulfonamides is 1. The Morgan fingerprint density at radius 3 is 2.50 bits per heavy atom. The molecule has 1 aromatic rings. The first-order chi connectivity index (χ1) is 13.3. The van der Waals surface area contributed by atoms with E-state index in [-0.39, 0.29) is 41.9 Å². The van der Waals surface area contributed by atoms with Crippen LogP contribution in [0.5, 0.6) is 0 Å². The van der Waals surface area contributed by atoms with Crippen molar-refractivity contribution in [1.82, 2.24) is 9.62 Å². The zero-order valence-electron chi connectivity index (χ0n) is 15.8. The topological polar surface area (TPSA) is 118 Å². The van der Waals surface area contributed by atoms with E-state index in [1.165, 1.54) is 16.4 Å². The molecule has 2 aliphatic rings. The lowest BCUT2D eigenvalue weighted by atomic mass is 9.98. The fourth-order valence-corrected chi connectivity index (χ4v) is 5.17. The van der Waals surface area contributed by atoms with Crippen LogP contribution in [-0.2, 0) is 14.8 Å². The minimum absolute atomic E-state index is 0.0212. The van der Waals surface area contributed by atoms with Crippen molar-refractivity contribution in [3.05, 3.63) is 29.8 Å². The highest BCUT2D eigenvalue weighted by Crippen LogP contribution is 2.39. The zero-order valence-corrected chi connectivity index (χ0v) is 16.6. The molecule has 1 aromatic carbocycles. The molecule has 9 heteroatoms. The monoisotopic (exact) mass is 402 g/mol. The molecule has 148 valence electrons. The normalized spacial score (nSPS) is 20.5. The predicted octanol–water partition coefficient (Wildman–Crippen LogP) is -0.744. The molecule has 1 amide bonds. The number of quaternary nitrogens is 1. The Bertz CT molecular complexity index is 937. The van der Waals surface area contributed by atoms with Crippen LogP contribution in [0.1, 0.15) is 25.3 Å². The van der Waals surface area contributed by atoms with Crippen LogP contribution in [0.2, 0.25) is 0 Å². The van der Waals surface area contributed by atoms with Gasteiger partial charge in [0.05, 0.1) is 42.7 Å². The van der Waals surface area contributed by atoms with Crippen molar-refractivity contribution in [2.75, 3.05) is 32.7 Å². The molecule has 0 bridgehead atoms. The van der Waals surface area contributed by atoms with Gasteiger partial charge in [0, 0.05) is 0 Å². The summed E-state index contributed by atoms with van der Waals surface area (Å²) in [7, 11) is -3.74. The highest BCUT2D eigenvalue weighted by Gasteiger charge is 2.43. The summed E-state index contributed by atoms with van der Waals surface area (Å²) < 4.78 is 27.1. The Balaban J connectivity index is 1.58. The first kappa shape index (κ1) is 20.3. The molecule has 1 aliphatic heterocycles. The number of benzene rings is 1. The predicted molar refractivity (Wildman–Crippen MR) is 100 cm³/mol. The fourth-order valence-electron chi connectivity index (χ4n) is 3.59. The molecule has 8 nitrogen and oxygen atoms in total. The van der Waals surface area contributed by atoms with Gasteiger partial charge in [-0.1, -0.05) is 12.1 Å². The number of amides is 1. The van der Waals surface area contributed by atoms with Crippen LogP contribution < -0.4 is 10.2 Å². The largest absolute Gasteiger partial charge is 0.333 e. The summed E-state index contributed by atoms with van der Waals surface area (Å²) in [5, 5.41) is 21.4. The second kappa shape index (κ2) is 7.88. The number of nitriles is 2. The molecule has 0 aromatic heterocycles. The van der Waals surface area contributed by atoms with E-state index in [1.54, 1.807) is 19.1 Å². The number of piperazine rings is 1. The highest BCUT2D eigenvalue weighted by molar-refractivity contribution is 7.89. The van der Waals surface area contributed by atoms with Crippen LogP contribution in [0.25, 0.3) is 0 Å². The second-order valence-corrected chi connectivity index (χ2v) is 9.48. The molecule has 2 N–H and O–H groups in total. The molecule has 1 heterocycles. The van der Waals surface area contributed by atoms with E-state index in [4.69, 9.17) is 0 Å². The van der Waals surface area contributed by atoms with E-state index in [2.05, 4.69) is 11.4 Å². The molecule has 28 heavy (non-hydrogen) atoms. The van der Waals surface area contributed by atoms with Gasteiger partial charge in [0.2, 0.25) is 10.0 Å². The third-order valence-electron chi connectivity index (χ3n) is 5.49. The molecule has 1 atom stereocenters. The van der Waals surface area contributed by atoms with Crippen molar-refractivity contribution in [2.24, 2.45) is 5.92 Å². The van der Waals surface area contributed by atoms with Gasteiger partial charge < -0.3 is 10.2 Å². The quantitative estimate of drug-likeness (QED) is 0.649. The summed E-state index contributed by atoms with van der Waals surface area (Å²) in [6, 6.07) is 10.3. The van der Waals surface area contributed by atoms with Gasteiger partial charge in [-0.2, -0.15) is 14.8 Å². The van der Waals surface area contributed by atoms with Crippen molar-refractivity contribution >= 4 is 15.9 Å². The van der Waals surface area contributed by atoms with Crippen LogP contribution in [-0.4, -0.2) is 56.9 Å². The van der Waals surface area contributed by atoms with Crippen molar-refractivity contribution in [2.45, 2.75) is 30.2 Å². The van der Waals surface area contributed by atoms with Gasteiger partial charge in [0.1, 0.15) is 11.6 Å². The molecule has 0 spiro atoms. The Morgan fingerprint density at radius 1 is 1.29 bits per heavy atom. The average Bonchev–Trinajstić information content (AvgIpc) is 3.54. The summed E-state index contributed by atoms with van der Waals surface area (Å²) in [6.07, 6.45) is 1.91. The number of hydrogen-bond acceptors (Lipinski definition) is 5. The maximum atomic E-state index is 12.9. The van der Waals surface area contributed by atoms with Crippen molar-refractivity contribution in [3.8, 4) is 12.1 Å². The third-order valence-corrected chi connectivity index (χ3v) is 7.45. The minimum atomic E-state index is -3.74. The number of rotatable bonds is 6. The lowest BCUT2D eigenvalue weighted by molar-refractivity contribution is -0.895. The lowest BCUT2D eigenvalue weighted by Gasteiger charge is -2.32. The molecular formula is C19H24N5O3S+. The van der Waals surface area contributed by atoms with Crippen LogP contribution in [0.4, 0.5) is 0 Å². The molecule has 0 radical (unpaired) electrons. The first-order valence-electron chi connectivity index (χ1n) is 9.35. The Morgan fingerprint density at radius 2 is 1.93 bits per heavy atom. The SMILES string of the molecule is C[C@](C#N)(NC(=O)C[NH+]1CCN(S(=O)(=O)c2ccccc2C#N)CC1)C1CC1. The second-order valence-electron chi connectivity index (χ2n) is 7.58. The summed E-state index contributed by atoms with van der Waals surface area (Å²) in [6.45, 7) is 3.52. The van der Waals surface area contributed by atoms with Crippen molar-refractivity contribution < 1.29 is 18.1 Å². The van der Waals surface area contributed by atoms with E-state index < -0.39 is 15.6 Å². The number of nitrogens with one attached hydrogen (secondary N) is 2. The molecule has 3 rings (SSSR count). The molecule has 1 aliphatic carbocycles. The van der Waals surface area contributed by atoms with Crippen LogP contribution in [0.3, 0.4) is 0 Å². The number of nitrogens with zero attached hydrogens (tertiary/aromatic N) is 3. The Kier molecular flexibility index (Phi) is 5.71. The van der Waals surface area contributed by atoms with E-state index >= 15 is 0 Å². The summed E-state index contributed by atoms with van der Waals surface area (Å²) in [4.78, 5) is 13.4. The average molecular weight is 403 g/mol. The third kappa shape index (κ3) is 4.17. The highest BCUT2D eigenvalue weighted by atomic mass is 32.2. The van der Waals surface area contributed by atoms with E-state index in [9.17, 15) is 23.7 Å². The van der Waals surface area contributed by atoms with Crippen LogP contribution in [0.15, 0.2) is 29.2 Å². The molecule has 1 saturated heterocycles. The van der Waals surface area contributed by atoms with Gasteiger partial charge in [-0.05, 0) is 37.8 Å². The van der Waals surface area contributed by atoms with Crippen molar-refractivity contribution in [1.29, 1.82) is 10.5 Å². The maximum absolute atomic E-state index is 12.9. The van der Waals surface area contributed by atoms with Crippen LogP contribution >= 0.6 is 0 Å². The lowest BCUT2D eigenvalue weighted by Crippen LogP contribution is -3.16. The molecule has 0 unspecified atom stereocenters.